The van der Waals surface area contributed by atoms with E-state index in [0.717, 1.165) is 0 Å². The largest absolute Gasteiger partial charge is 0.471 e. The Hall–Kier alpha value is -1.80. The normalized spacial score (nSPS) is 12.3. The van der Waals surface area contributed by atoms with Crippen molar-refractivity contribution in [2.45, 2.75) is 39.4 Å². The lowest BCUT2D eigenvalue weighted by Crippen LogP contribution is -2.40. The maximum atomic E-state index is 5.72. The summed E-state index contributed by atoms with van der Waals surface area (Å²) in [5.74, 6) is 6.43. The molecule has 19 heavy (non-hydrogen) atoms. The molecule has 5 nitrogen and oxygen atoms in total. The summed E-state index contributed by atoms with van der Waals surface area (Å²) in [6, 6.07) is 1.64. The molecular weight excluding hydrogens is 244 g/mol. The fourth-order valence-electron chi connectivity index (χ4n) is 1.14. The lowest BCUT2D eigenvalue weighted by Gasteiger charge is -2.30. The molecule has 0 saturated heterocycles. The first-order valence-corrected chi connectivity index (χ1v) is 6.06. The van der Waals surface area contributed by atoms with Crippen LogP contribution in [0.25, 0.3) is 0 Å². The van der Waals surface area contributed by atoms with Crippen molar-refractivity contribution in [3.05, 3.63) is 12.4 Å². The van der Waals surface area contributed by atoms with Crippen LogP contribution in [0.15, 0.2) is 12.4 Å². The fourth-order valence-corrected chi connectivity index (χ4v) is 1.14. The van der Waals surface area contributed by atoms with Gasteiger partial charge in [0.1, 0.15) is 12.4 Å². The standard InChI is InChI=1S/C14H20N2O3/c1-6-7-8-18-12-9-13(16-10-15-12)19-11(2)14(3,4)17-5/h9-11H,8H2,1-5H3. The van der Waals surface area contributed by atoms with E-state index in [1.54, 1.807) is 20.1 Å². The van der Waals surface area contributed by atoms with E-state index in [4.69, 9.17) is 14.2 Å². The van der Waals surface area contributed by atoms with Gasteiger partial charge in [-0.1, -0.05) is 5.92 Å². The summed E-state index contributed by atoms with van der Waals surface area (Å²) in [7, 11) is 1.65. The Bertz CT molecular complexity index is 463. The van der Waals surface area contributed by atoms with Crippen LogP contribution in [0.1, 0.15) is 27.7 Å². The van der Waals surface area contributed by atoms with Gasteiger partial charge in [-0.15, -0.1) is 5.92 Å². The quantitative estimate of drug-likeness (QED) is 0.736. The molecule has 1 heterocycles. The first-order chi connectivity index (χ1) is 8.99. The van der Waals surface area contributed by atoms with Gasteiger partial charge in [-0.2, -0.15) is 0 Å². The predicted molar refractivity (Wildman–Crippen MR) is 72.2 cm³/mol. The lowest BCUT2D eigenvalue weighted by atomic mass is 10.0. The molecule has 1 aromatic heterocycles. The third-order valence-electron chi connectivity index (χ3n) is 2.89. The molecule has 0 aliphatic rings. The van der Waals surface area contributed by atoms with Crippen LogP contribution in [-0.2, 0) is 4.74 Å². The molecule has 1 atom stereocenters. The molecule has 0 radical (unpaired) electrons. The minimum atomic E-state index is -0.403. The van der Waals surface area contributed by atoms with Gasteiger partial charge in [-0.3, -0.25) is 0 Å². The zero-order valence-corrected chi connectivity index (χ0v) is 12.1. The van der Waals surface area contributed by atoms with Crippen molar-refractivity contribution >= 4 is 0 Å². The van der Waals surface area contributed by atoms with E-state index in [9.17, 15) is 0 Å². The van der Waals surface area contributed by atoms with Crippen LogP contribution in [0, 0.1) is 11.8 Å². The van der Waals surface area contributed by atoms with Crippen LogP contribution in [0.2, 0.25) is 0 Å². The van der Waals surface area contributed by atoms with Gasteiger partial charge in [0.2, 0.25) is 11.8 Å². The minimum absolute atomic E-state index is 0.157. The second kappa shape index (κ2) is 6.95. The molecule has 0 spiro atoms. The van der Waals surface area contributed by atoms with Crippen LogP contribution in [0.5, 0.6) is 11.8 Å². The number of aromatic nitrogens is 2. The second-order valence-corrected chi connectivity index (χ2v) is 4.48. The summed E-state index contributed by atoms with van der Waals surface area (Å²) in [5.41, 5.74) is -0.403. The molecular formula is C14H20N2O3. The van der Waals surface area contributed by atoms with Gasteiger partial charge in [0, 0.05) is 7.11 Å². The molecule has 0 aliphatic heterocycles. The van der Waals surface area contributed by atoms with E-state index < -0.39 is 5.60 Å². The highest BCUT2D eigenvalue weighted by atomic mass is 16.5. The minimum Gasteiger partial charge on any atom is -0.471 e. The Morgan fingerprint density at radius 2 is 2.00 bits per heavy atom. The molecule has 0 bridgehead atoms. The molecule has 0 aromatic carbocycles. The third-order valence-corrected chi connectivity index (χ3v) is 2.89. The van der Waals surface area contributed by atoms with E-state index in [1.807, 2.05) is 20.8 Å². The summed E-state index contributed by atoms with van der Waals surface area (Å²) < 4.78 is 16.4. The molecule has 0 N–H and O–H groups in total. The summed E-state index contributed by atoms with van der Waals surface area (Å²) in [4.78, 5) is 8.04. The smallest absolute Gasteiger partial charge is 0.221 e. The maximum Gasteiger partial charge on any atom is 0.221 e. The molecule has 0 saturated carbocycles. The molecule has 1 rings (SSSR count). The van der Waals surface area contributed by atoms with Gasteiger partial charge in [0.05, 0.1) is 11.7 Å². The maximum absolute atomic E-state index is 5.72. The average molecular weight is 264 g/mol. The number of nitrogens with zero attached hydrogens (tertiary/aromatic N) is 2. The fraction of sp³-hybridized carbons (Fsp3) is 0.571. The topological polar surface area (TPSA) is 53.5 Å². The van der Waals surface area contributed by atoms with Crippen molar-refractivity contribution in [1.82, 2.24) is 9.97 Å². The van der Waals surface area contributed by atoms with Gasteiger partial charge >= 0.3 is 0 Å². The molecule has 0 fully saturated rings. The number of rotatable bonds is 6. The highest BCUT2D eigenvalue weighted by Crippen LogP contribution is 2.21. The van der Waals surface area contributed by atoms with E-state index in [2.05, 4.69) is 21.8 Å². The van der Waals surface area contributed by atoms with E-state index in [1.165, 1.54) is 6.33 Å². The average Bonchev–Trinajstić information content (AvgIpc) is 2.39. The highest BCUT2D eigenvalue weighted by molar-refractivity contribution is 5.19. The highest BCUT2D eigenvalue weighted by Gasteiger charge is 2.27. The van der Waals surface area contributed by atoms with E-state index in [0.29, 0.717) is 18.4 Å². The van der Waals surface area contributed by atoms with Crippen LogP contribution in [0.3, 0.4) is 0 Å². The first kappa shape index (κ1) is 15.3. The first-order valence-electron chi connectivity index (χ1n) is 6.06. The van der Waals surface area contributed by atoms with Crippen LogP contribution >= 0.6 is 0 Å². The molecule has 0 amide bonds. The number of hydrogen-bond donors (Lipinski definition) is 0. The summed E-state index contributed by atoms with van der Waals surface area (Å²) >= 11 is 0. The number of ether oxygens (including phenoxy) is 3. The van der Waals surface area contributed by atoms with Crippen LogP contribution in [-0.4, -0.2) is 35.4 Å². The molecule has 0 aliphatic carbocycles. The molecule has 104 valence electrons. The predicted octanol–water partition coefficient (Wildman–Crippen LogP) is 2.07. The zero-order chi connectivity index (χ0) is 14.3. The van der Waals surface area contributed by atoms with Crippen molar-refractivity contribution in [2.75, 3.05) is 13.7 Å². The summed E-state index contributed by atoms with van der Waals surface area (Å²) in [5, 5.41) is 0. The van der Waals surface area contributed by atoms with Crippen molar-refractivity contribution in [2.24, 2.45) is 0 Å². The Morgan fingerprint density at radius 1 is 1.32 bits per heavy atom. The van der Waals surface area contributed by atoms with Crippen molar-refractivity contribution in [3.63, 3.8) is 0 Å². The van der Waals surface area contributed by atoms with Gasteiger partial charge in [-0.05, 0) is 27.7 Å². The Morgan fingerprint density at radius 3 is 2.63 bits per heavy atom. The van der Waals surface area contributed by atoms with Gasteiger partial charge in [-0.25, -0.2) is 9.97 Å². The van der Waals surface area contributed by atoms with E-state index in [-0.39, 0.29) is 6.10 Å². The molecule has 1 aromatic rings. The second-order valence-electron chi connectivity index (χ2n) is 4.48. The zero-order valence-electron chi connectivity index (χ0n) is 12.1. The Labute approximate surface area is 114 Å². The van der Waals surface area contributed by atoms with Crippen molar-refractivity contribution in [1.29, 1.82) is 0 Å². The monoisotopic (exact) mass is 264 g/mol. The summed E-state index contributed by atoms with van der Waals surface area (Å²) in [6.07, 6.45) is 1.24. The number of methoxy groups -OCH3 is 1. The van der Waals surface area contributed by atoms with Crippen LogP contribution in [0.4, 0.5) is 0 Å². The van der Waals surface area contributed by atoms with Crippen LogP contribution < -0.4 is 9.47 Å². The Kier molecular flexibility index (Phi) is 5.58. The van der Waals surface area contributed by atoms with Gasteiger partial charge < -0.3 is 14.2 Å². The summed E-state index contributed by atoms with van der Waals surface area (Å²) in [6.45, 7) is 7.88. The van der Waals surface area contributed by atoms with Gasteiger partial charge in [0.25, 0.3) is 0 Å². The Balaban J connectivity index is 2.68. The molecule has 5 heteroatoms. The molecule has 1 unspecified atom stereocenters. The van der Waals surface area contributed by atoms with Crippen molar-refractivity contribution < 1.29 is 14.2 Å². The SMILES string of the molecule is CC#CCOc1cc(OC(C)C(C)(C)OC)ncn1. The van der Waals surface area contributed by atoms with Crippen molar-refractivity contribution in [3.8, 4) is 23.6 Å². The van der Waals surface area contributed by atoms with E-state index >= 15 is 0 Å². The lowest BCUT2D eigenvalue weighted by molar-refractivity contribution is -0.0591. The number of hydrogen-bond acceptors (Lipinski definition) is 5. The van der Waals surface area contributed by atoms with Gasteiger partial charge in [0.15, 0.2) is 6.61 Å². The third kappa shape index (κ3) is 4.76.